The van der Waals surface area contributed by atoms with E-state index in [1.165, 1.54) is 11.1 Å². The SMILES string of the molecule is CC(N)Cc1cccnc1N(C)Cc1ccc(Br)cc1. The molecule has 2 rings (SSSR count). The van der Waals surface area contributed by atoms with Crippen LogP contribution in [0.3, 0.4) is 0 Å². The minimum absolute atomic E-state index is 0.138. The average molecular weight is 334 g/mol. The van der Waals surface area contributed by atoms with Gasteiger partial charge in [-0.1, -0.05) is 34.1 Å². The van der Waals surface area contributed by atoms with Crippen LogP contribution in [-0.2, 0) is 13.0 Å². The molecule has 0 aliphatic heterocycles. The highest BCUT2D eigenvalue weighted by Crippen LogP contribution is 2.20. The second-order valence-corrected chi connectivity index (χ2v) is 6.07. The van der Waals surface area contributed by atoms with Crippen LogP contribution >= 0.6 is 15.9 Å². The Kier molecular flexibility index (Phi) is 5.15. The summed E-state index contributed by atoms with van der Waals surface area (Å²) in [7, 11) is 2.06. The van der Waals surface area contributed by atoms with E-state index in [0.717, 1.165) is 23.3 Å². The topological polar surface area (TPSA) is 42.1 Å². The molecule has 0 fully saturated rings. The standard InChI is InChI=1S/C16H20BrN3/c1-12(18)10-14-4-3-9-19-16(14)20(2)11-13-5-7-15(17)8-6-13/h3-9,12H,10-11,18H2,1-2H3. The number of rotatable bonds is 5. The number of halogens is 1. The van der Waals surface area contributed by atoms with Crippen LogP contribution in [-0.4, -0.2) is 18.1 Å². The number of nitrogens with two attached hydrogens (primary N) is 1. The van der Waals surface area contributed by atoms with Crippen LogP contribution in [0, 0.1) is 0 Å². The smallest absolute Gasteiger partial charge is 0.131 e. The fourth-order valence-electron chi connectivity index (χ4n) is 2.22. The van der Waals surface area contributed by atoms with E-state index in [1.54, 1.807) is 0 Å². The maximum Gasteiger partial charge on any atom is 0.131 e. The molecule has 1 aromatic carbocycles. The summed E-state index contributed by atoms with van der Waals surface area (Å²) in [6.45, 7) is 2.85. The van der Waals surface area contributed by atoms with E-state index in [-0.39, 0.29) is 6.04 Å². The lowest BCUT2D eigenvalue weighted by molar-refractivity contribution is 0.730. The van der Waals surface area contributed by atoms with E-state index in [0.29, 0.717) is 0 Å². The van der Waals surface area contributed by atoms with Gasteiger partial charge in [0.25, 0.3) is 0 Å². The number of anilines is 1. The van der Waals surface area contributed by atoms with Crippen molar-refractivity contribution < 1.29 is 0 Å². The van der Waals surface area contributed by atoms with Gasteiger partial charge in [0.1, 0.15) is 5.82 Å². The number of nitrogens with zero attached hydrogens (tertiary/aromatic N) is 2. The zero-order chi connectivity index (χ0) is 14.5. The van der Waals surface area contributed by atoms with Gasteiger partial charge in [-0.25, -0.2) is 4.98 Å². The van der Waals surface area contributed by atoms with Crippen molar-refractivity contribution in [3.05, 3.63) is 58.2 Å². The van der Waals surface area contributed by atoms with Crippen LogP contribution in [0.2, 0.25) is 0 Å². The van der Waals surface area contributed by atoms with E-state index < -0.39 is 0 Å². The van der Waals surface area contributed by atoms with Crippen LogP contribution in [0.5, 0.6) is 0 Å². The van der Waals surface area contributed by atoms with E-state index >= 15 is 0 Å². The summed E-state index contributed by atoms with van der Waals surface area (Å²) in [6, 6.07) is 12.6. The predicted molar refractivity (Wildman–Crippen MR) is 87.8 cm³/mol. The van der Waals surface area contributed by atoms with Gasteiger partial charge in [0.15, 0.2) is 0 Å². The third kappa shape index (κ3) is 4.05. The molecule has 1 unspecified atom stereocenters. The van der Waals surface area contributed by atoms with Gasteiger partial charge in [0, 0.05) is 30.3 Å². The Morgan fingerprint density at radius 3 is 2.60 bits per heavy atom. The highest BCUT2D eigenvalue weighted by molar-refractivity contribution is 9.10. The monoisotopic (exact) mass is 333 g/mol. The molecule has 0 saturated carbocycles. The lowest BCUT2D eigenvalue weighted by atomic mass is 10.1. The molecule has 1 atom stereocenters. The van der Waals surface area contributed by atoms with Crippen molar-refractivity contribution in [3.63, 3.8) is 0 Å². The molecule has 2 aromatic rings. The Morgan fingerprint density at radius 2 is 1.95 bits per heavy atom. The molecule has 1 aromatic heterocycles. The van der Waals surface area contributed by atoms with Crippen molar-refractivity contribution in [1.82, 2.24) is 4.98 Å². The molecule has 2 N–H and O–H groups in total. The van der Waals surface area contributed by atoms with Crippen molar-refractivity contribution >= 4 is 21.7 Å². The number of hydrogen-bond donors (Lipinski definition) is 1. The lowest BCUT2D eigenvalue weighted by Gasteiger charge is -2.22. The first-order chi connectivity index (χ1) is 9.56. The molecule has 0 spiro atoms. The van der Waals surface area contributed by atoms with Gasteiger partial charge in [-0.2, -0.15) is 0 Å². The zero-order valence-electron chi connectivity index (χ0n) is 11.9. The Hall–Kier alpha value is -1.39. The first-order valence-electron chi connectivity index (χ1n) is 6.71. The van der Waals surface area contributed by atoms with E-state index in [2.05, 4.69) is 63.2 Å². The van der Waals surface area contributed by atoms with Crippen LogP contribution in [0.25, 0.3) is 0 Å². The molecular weight excluding hydrogens is 314 g/mol. The molecule has 0 bridgehead atoms. The Balaban J connectivity index is 2.16. The van der Waals surface area contributed by atoms with Gasteiger partial charge >= 0.3 is 0 Å². The van der Waals surface area contributed by atoms with Crippen molar-refractivity contribution in [2.75, 3.05) is 11.9 Å². The molecule has 20 heavy (non-hydrogen) atoms. The molecule has 0 aliphatic carbocycles. The first kappa shape index (κ1) is 15.0. The van der Waals surface area contributed by atoms with Crippen molar-refractivity contribution in [3.8, 4) is 0 Å². The third-order valence-corrected chi connectivity index (χ3v) is 3.63. The second-order valence-electron chi connectivity index (χ2n) is 5.15. The van der Waals surface area contributed by atoms with Crippen LogP contribution in [0.1, 0.15) is 18.1 Å². The maximum atomic E-state index is 5.91. The normalized spacial score (nSPS) is 12.2. The van der Waals surface area contributed by atoms with Gasteiger partial charge in [-0.3, -0.25) is 0 Å². The summed E-state index contributed by atoms with van der Waals surface area (Å²) in [6.07, 6.45) is 2.67. The van der Waals surface area contributed by atoms with E-state index in [4.69, 9.17) is 5.73 Å². The Morgan fingerprint density at radius 1 is 1.25 bits per heavy atom. The molecule has 0 radical (unpaired) electrons. The lowest BCUT2D eigenvalue weighted by Crippen LogP contribution is -2.23. The maximum absolute atomic E-state index is 5.91. The quantitative estimate of drug-likeness (QED) is 0.912. The number of pyridine rings is 1. The van der Waals surface area contributed by atoms with Crippen molar-refractivity contribution in [2.24, 2.45) is 5.73 Å². The first-order valence-corrected chi connectivity index (χ1v) is 7.50. The summed E-state index contributed by atoms with van der Waals surface area (Å²) in [5, 5.41) is 0. The zero-order valence-corrected chi connectivity index (χ0v) is 13.5. The summed E-state index contributed by atoms with van der Waals surface area (Å²) < 4.78 is 1.10. The second kappa shape index (κ2) is 6.86. The van der Waals surface area contributed by atoms with Gasteiger partial charge in [0.05, 0.1) is 0 Å². The fourth-order valence-corrected chi connectivity index (χ4v) is 2.48. The molecule has 0 saturated heterocycles. The number of aromatic nitrogens is 1. The average Bonchev–Trinajstić information content (AvgIpc) is 2.41. The summed E-state index contributed by atoms with van der Waals surface area (Å²) >= 11 is 3.46. The Bertz CT molecular complexity index is 552. The largest absolute Gasteiger partial charge is 0.355 e. The highest BCUT2D eigenvalue weighted by Gasteiger charge is 2.10. The van der Waals surface area contributed by atoms with Crippen molar-refractivity contribution in [2.45, 2.75) is 25.9 Å². The van der Waals surface area contributed by atoms with Gasteiger partial charge in [-0.15, -0.1) is 0 Å². The highest BCUT2D eigenvalue weighted by atomic mass is 79.9. The van der Waals surface area contributed by atoms with Crippen LogP contribution in [0.15, 0.2) is 47.1 Å². The molecule has 3 nitrogen and oxygen atoms in total. The molecule has 1 heterocycles. The minimum Gasteiger partial charge on any atom is -0.355 e. The molecule has 0 amide bonds. The predicted octanol–water partition coefficient (Wildman–Crippen LogP) is 3.37. The van der Waals surface area contributed by atoms with Gasteiger partial charge in [-0.05, 0) is 42.7 Å². The summed E-state index contributed by atoms with van der Waals surface area (Å²) in [5.41, 5.74) is 8.37. The minimum atomic E-state index is 0.138. The third-order valence-electron chi connectivity index (χ3n) is 3.10. The van der Waals surface area contributed by atoms with E-state index in [9.17, 15) is 0 Å². The van der Waals surface area contributed by atoms with Gasteiger partial charge < -0.3 is 10.6 Å². The molecular formula is C16H20BrN3. The molecule has 4 heteroatoms. The van der Waals surface area contributed by atoms with E-state index in [1.807, 2.05) is 19.2 Å². The van der Waals surface area contributed by atoms with Gasteiger partial charge in [0.2, 0.25) is 0 Å². The van der Waals surface area contributed by atoms with Crippen LogP contribution in [0.4, 0.5) is 5.82 Å². The number of benzene rings is 1. The molecule has 106 valence electrons. The number of hydrogen-bond acceptors (Lipinski definition) is 3. The Labute approximate surface area is 129 Å². The summed E-state index contributed by atoms with van der Waals surface area (Å²) in [5.74, 6) is 1.01. The van der Waals surface area contributed by atoms with Crippen molar-refractivity contribution in [1.29, 1.82) is 0 Å². The summed E-state index contributed by atoms with van der Waals surface area (Å²) in [4.78, 5) is 6.67. The fraction of sp³-hybridized carbons (Fsp3) is 0.312. The van der Waals surface area contributed by atoms with Crippen LogP contribution < -0.4 is 10.6 Å². The molecule has 0 aliphatic rings.